The molecule has 0 aliphatic carbocycles. The van der Waals surface area contributed by atoms with Crippen LogP contribution >= 0.6 is 11.6 Å². The first-order chi connectivity index (χ1) is 11.4. The summed E-state index contributed by atoms with van der Waals surface area (Å²) in [4.78, 5) is 10.7. The van der Waals surface area contributed by atoms with Crippen LogP contribution in [-0.4, -0.2) is 20.9 Å². The minimum atomic E-state index is -1.12. The minimum Gasteiger partial charge on any atom is -0.478 e. The first kappa shape index (κ1) is 16.1. The molecule has 0 unspecified atom stereocenters. The molecule has 2 aromatic carbocycles. The fourth-order valence-electron chi connectivity index (χ4n) is 2.38. The third-order valence-electron chi connectivity index (χ3n) is 3.46. The summed E-state index contributed by atoms with van der Waals surface area (Å²) in [6.07, 6.45) is 2.26. The van der Waals surface area contributed by atoms with E-state index >= 15 is 0 Å². The fourth-order valence-corrected chi connectivity index (χ4v) is 2.54. The lowest BCUT2D eigenvalue weighted by atomic mass is 10.2. The van der Waals surface area contributed by atoms with Crippen LogP contribution in [0.25, 0.3) is 17.0 Å². The Balaban J connectivity index is 2.09. The molecular weight excluding hydrogens is 338 g/mol. The Labute approximate surface area is 140 Å². The zero-order valence-electron chi connectivity index (χ0n) is 12.2. The molecule has 3 aromatic rings. The molecule has 0 radical (unpaired) electrons. The van der Waals surface area contributed by atoms with Crippen molar-refractivity contribution in [3.63, 3.8) is 0 Å². The van der Waals surface area contributed by atoms with Crippen LogP contribution in [0.2, 0.25) is 5.02 Å². The lowest BCUT2D eigenvalue weighted by Gasteiger charge is -2.05. The fraction of sp³-hybridized carbons (Fsp3) is 0.0588. The summed E-state index contributed by atoms with van der Waals surface area (Å²) in [6, 6.07) is 8.31. The third-order valence-corrected chi connectivity index (χ3v) is 3.70. The standard InChI is InChI=1S/C17H11ClF2N2O2/c18-11-2-1-10(14(20)7-11)9-22-16-8-12(19)3-4-13(16)15(21-22)5-6-17(23)24/h1-8H,9H2,(H,23,24). The van der Waals surface area contributed by atoms with Crippen molar-refractivity contribution in [3.05, 3.63) is 70.4 Å². The van der Waals surface area contributed by atoms with E-state index in [9.17, 15) is 13.6 Å². The molecule has 0 fully saturated rings. The minimum absolute atomic E-state index is 0.0594. The summed E-state index contributed by atoms with van der Waals surface area (Å²) in [7, 11) is 0. The molecule has 1 N–H and O–H groups in total. The summed E-state index contributed by atoms with van der Waals surface area (Å²) < 4.78 is 29.0. The molecule has 0 bridgehead atoms. The van der Waals surface area contributed by atoms with E-state index in [-0.39, 0.29) is 11.6 Å². The van der Waals surface area contributed by atoms with E-state index in [4.69, 9.17) is 16.7 Å². The molecule has 24 heavy (non-hydrogen) atoms. The number of benzene rings is 2. The monoisotopic (exact) mass is 348 g/mol. The highest BCUT2D eigenvalue weighted by Crippen LogP contribution is 2.23. The van der Waals surface area contributed by atoms with Crippen LogP contribution in [-0.2, 0) is 11.3 Å². The molecule has 0 aliphatic heterocycles. The number of hydrogen-bond acceptors (Lipinski definition) is 2. The van der Waals surface area contributed by atoms with Crippen molar-refractivity contribution in [2.24, 2.45) is 0 Å². The molecule has 122 valence electrons. The Hall–Kier alpha value is -2.73. The van der Waals surface area contributed by atoms with Crippen molar-refractivity contribution in [1.82, 2.24) is 9.78 Å². The maximum Gasteiger partial charge on any atom is 0.328 e. The van der Waals surface area contributed by atoms with Gasteiger partial charge in [-0.3, -0.25) is 4.68 Å². The molecule has 0 atom stereocenters. The second-order valence-corrected chi connectivity index (χ2v) is 5.55. The summed E-state index contributed by atoms with van der Waals surface area (Å²) in [5.74, 6) is -2.08. The quantitative estimate of drug-likeness (QED) is 0.722. The van der Waals surface area contributed by atoms with Gasteiger partial charge in [0.05, 0.1) is 17.8 Å². The van der Waals surface area contributed by atoms with E-state index in [2.05, 4.69) is 5.10 Å². The van der Waals surface area contributed by atoms with Gasteiger partial charge in [0.25, 0.3) is 0 Å². The largest absolute Gasteiger partial charge is 0.478 e. The van der Waals surface area contributed by atoms with Crippen molar-refractivity contribution >= 4 is 34.5 Å². The van der Waals surface area contributed by atoms with Gasteiger partial charge in [0, 0.05) is 22.0 Å². The van der Waals surface area contributed by atoms with Gasteiger partial charge in [0.1, 0.15) is 11.6 Å². The van der Waals surface area contributed by atoms with Gasteiger partial charge in [-0.1, -0.05) is 17.7 Å². The van der Waals surface area contributed by atoms with Gasteiger partial charge in [0.15, 0.2) is 0 Å². The average Bonchev–Trinajstić information content (AvgIpc) is 2.85. The number of carbonyl (C=O) groups is 1. The van der Waals surface area contributed by atoms with Gasteiger partial charge >= 0.3 is 5.97 Å². The predicted octanol–water partition coefficient (Wildman–Crippen LogP) is 4.11. The van der Waals surface area contributed by atoms with E-state index in [1.807, 2.05) is 0 Å². The SMILES string of the molecule is O=C(O)C=Cc1nn(Cc2ccc(Cl)cc2F)c2cc(F)ccc12. The van der Waals surface area contributed by atoms with Crippen LogP contribution in [0.1, 0.15) is 11.3 Å². The van der Waals surface area contributed by atoms with Crippen molar-refractivity contribution in [1.29, 1.82) is 0 Å². The maximum absolute atomic E-state index is 14.0. The Morgan fingerprint density at radius 2 is 2.04 bits per heavy atom. The number of halogens is 3. The van der Waals surface area contributed by atoms with Crippen LogP contribution in [0, 0.1) is 11.6 Å². The average molecular weight is 349 g/mol. The lowest BCUT2D eigenvalue weighted by molar-refractivity contribution is -0.131. The molecule has 4 nitrogen and oxygen atoms in total. The Kier molecular flexibility index (Phi) is 4.31. The summed E-state index contributed by atoms with van der Waals surface area (Å²) in [5.41, 5.74) is 1.14. The first-order valence-electron chi connectivity index (χ1n) is 6.95. The van der Waals surface area contributed by atoms with E-state index in [0.717, 1.165) is 6.08 Å². The van der Waals surface area contributed by atoms with Gasteiger partial charge in [-0.05, 0) is 36.4 Å². The highest BCUT2D eigenvalue weighted by Gasteiger charge is 2.12. The van der Waals surface area contributed by atoms with Crippen molar-refractivity contribution < 1.29 is 18.7 Å². The van der Waals surface area contributed by atoms with E-state index in [0.29, 0.717) is 22.2 Å². The number of fused-ring (bicyclic) bond motifs is 1. The zero-order valence-corrected chi connectivity index (χ0v) is 13.0. The maximum atomic E-state index is 14.0. The molecule has 0 spiro atoms. The molecular formula is C17H11ClF2N2O2. The van der Waals surface area contributed by atoms with Crippen molar-refractivity contribution in [3.8, 4) is 0 Å². The van der Waals surface area contributed by atoms with Gasteiger partial charge in [-0.25, -0.2) is 13.6 Å². The van der Waals surface area contributed by atoms with Gasteiger partial charge in [-0.2, -0.15) is 5.10 Å². The van der Waals surface area contributed by atoms with Crippen LogP contribution in [0.3, 0.4) is 0 Å². The van der Waals surface area contributed by atoms with Crippen molar-refractivity contribution in [2.75, 3.05) is 0 Å². The third kappa shape index (κ3) is 3.28. The normalized spacial score (nSPS) is 11.5. The summed E-state index contributed by atoms with van der Waals surface area (Å²) >= 11 is 5.73. The van der Waals surface area contributed by atoms with Gasteiger partial charge < -0.3 is 5.11 Å². The first-order valence-corrected chi connectivity index (χ1v) is 7.33. The number of hydrogen-bond donors (Lipinski definition) is 1. The number of carboxylic acids is 1. The highest BCUT2D eigenvalue weighted by atomic mass is 35.5. The molecule has 0 aliphatic rings. The van der Waals surface area contributed by atoms with Crippen molar-refractivity contribution in [2.45, 2.75) is 6.54 Å². The van der Waals surface area contributed by atoms with Crippen LogP contribution in [0.4, 0.5) is 8.78 Å². The Morgan fingerprint density at radius 3 is 2.75 bits per heavy atom. The topological polar surface area (TPSA) is 55.1 Å². The second-order valence-electron chi connectivity index (χ2n) is 5.11. The van der Waals surface area contributed by atoms with Crippen LogP contribution < -0.4 is 0 Å². The molecule has 7 heteroatoms. The number of aromatic nitrogens is 2. The molecule has 0 saturated carbocycles. The van der Waals surface area contributed by atoms with Crippen LogP contribution in [0.5, 0.6) is 0 Å². The highest BCUT2D eigenvalue weighted by molar-refractivity contribution is 6.30. The molecule has 1 heterocycles. The summed E-state index contributed by atoms with van der Waals surface area (Å²) in [6.45, 7) is 0.0594. The number of rotatable bonds is 4. The lowest BCUT2D eigenvalue weighted by Crippen LogP contribution is -2.04. The second kappa shape index (κ2) is 6.41. The smallest absolute Gasteiger partial charge is 0.328 e. The van der Waals surface area contributed by atoms with Crippen LogP contribution in [0.15, 0.2) is 42.5 Å². The van der Waals surface area contributed by atoms with E-state index in [1.54, 1.807) is 6.07 Å². The predicted molar refractivity (Wildman–Crippen MR) is 86.9 cm³/mol. The number of carboxylic acid groups (broad SMARTS) is 1. The zero-order chi connectivity index (χ0) is 17.3. The molecule has 1 aromatic heterocycles. The van der Waals surface area contributed by atoms with Gasteiger partial charge in [0.2, 0.25) is 0 Å². The molecule has 3 rings (SSSR count). The van der Waals surface area contributed by atoms with E-state index in [1.165, 1.54) is 41.1 Å². The molecule has 0 saturated heterocycles. The molecule has 0 amide bonds. The Bertz CT molecular complexity index is 967. The number of nitrogens with zero attached hydrogens (tertiary/aromatic N) is 2. The van der Waals surface area contributed by atoms with Gasteiger partial charge in [-0.15, -0.1) is 0 Å². The Morgan fingerprint density at radius 1 is 1.25 bits per heavy atom. The van der Waals surface area contributed by atoms with E-state index < -0.39 is 17.6 Å². The number of aliphatic carboxylic acids is 1. The summed E-state index contributed by atoms with van der Waals surface area (Å²) in [5, 5.41) is 13.9.